The molecule has 2 aromatic heterocycles. The average Bonchev–Trinajstić information content (AvgIpc) is 3.39. The van der Waals surface area contributed by atoms with Gasteiger partial charge in [0.25, 0.3) is 5.91 Å². The normalized spacial score (nSPS) is 11.0. The number of anilines is 1. The second kappa shape index (κ2) is 7.41. The van der Waals surface area contributed by atoms with Gasteiger partial charge < -0.3 is 15.0 Å². The summed E-state index contributed by atoms with van der Waals surface area (Å²) < 4.78 is 6.91. The van der Waals surface area contributed by atoms with E-state index in [1.165, 1.54) is 0 Å². The highest BCUT2D eigenvalue weighted by atomic mass is 32.1. The number of aromatic amines is 1. The number of hydrogen-bond donors (Lipinski definition) is 2. The minimum Gasteiger partial charge on any atom is -0.489 e. The largest absolute Gasteiger partial charge is 0.489 e. The Morgan fingerprint density at radius 3 is 2.83 bits per heavy atom. The van der Waals surface area contributed by atoms with Crippen LogP contribution in [0.4, 0.5) is 5.69 Å². The molecule has 5 rings (SSSR count). The van der Waals surface area contributed by atoms with Crippen LogP contribution in [-0.2, 0) is 6.61 Å². The van der Waals surface area contributed by atoms with Gasteiger partial charge in [-0.25, -0.2) is 4.98 Å². The lowest BCUT2D eigenvalue weighted by Crippen LogP contribution is -2.11. The van der Waals surface area contributed by atoms with Crippen LogP contribution in [0.2, 0.25) is 0 Å². The lowest BCUT2D eigenvalue weighted by atomic mass is 10.2. The van der Waals surface area contributed by atoms with Crippen molar-refractivity contribution in [3.8, 4) is 5.75 Å². The first-order valence-electron chi connectivity index (χ1n) is 9.19. The molecule has 0 fully saturated rings. The maximum atomic E-state index is 12.7. The van der Waals surface area contributed by atoms with E-state index in [1.54, 1.807) is 16.8 Å². The zero-order valence-corrected chi connectivity index (χ0v) is 16.2. The number of hydrogen-bond acceptors (Lipinski definition) is 4. The van der Waals surface area contributed by atoms with Crippen molar-refractivity contribution in [2.24, 2.45) is 0 Å². The Morgan fingerprint density at radius 2 is 1.93 bits per heavy atom. The van der Waals surface area contributed by atoms with Crippen molar-refractivity contribution in [3.63, 3.8) is 0 Å². The summed E-state index contributed by atoms with van der Waals surface area (Å²) in [4.78, 5) is 20.1. The van der Waals surface area contributed by atoms with Gasteiger partial charge >= 0.3 is 0 Å². The molecule has 2 heterocycles. The lowest BCUT2D eigenvalue weighted by Gasteiger charge is -2.06. The average molecular weight is 399 g/mol. The molecule has 0 aliphatic heterocycles. The Labute approximate surface area is 171 Å². The Kier molecular flexibility index (Phi) is 4.46. The van der Waals surface area contributed by atoms with Crippen molar-refractivity contribution >= 4 is 44.1 Å². The molecular formula is C23H17N3O2S. The van der Waals surface area contributed by atoms with Crippen LogP contribution in [0.5, 0.6) is 5.75 Å². The van der Waals surface area contributed by atoms with Crippen molar-refractivity contribution in [1.82, 2.24) is 9.97 Å². The number of H-pyrrole nitrogens is 1. The second-order valence-electron chi connectivity index (χ2n) is 6.70. The van der Waals surface area contributed by atoms with E-state index in [4.69, 9.17) is 4.74 Å². The SMILES string of the molecule is O=C(Nc1ccc2ncsc2c1)c1cc2ccc(OCc3ccccc3)cc2[nH]1. The van der Waals surface area contributed by atoms with Crippen LogP contribution in [0.25, 0.3) is 21.1 Å². The third-order valence-corrected chi connectivity index (χ3v) is 5.47. The first kappa shape index (κ1) is 17.5. The fourth-order valence-electron chi connectivity index (χ4n) is 3.19. The summed E-state index contributed by atoms with van der Waals surface area (Å²) in [5.74, 6) is 0.572. The number of fused-ring (bicyclic) bond motifs is 2. The fourth-order valence-corrected chi connectivity index (χ4v) is 3.91. The number of aromatic nitrogens is 2. The highest BCUT2D eigenvalue weighted by Gasteiger charge is 2.11. The van der Waals surface area contributed by atoms with E-state index in [1.807, 2.05) is 72.8 Å². The van der Waals surface area contributed by atoms with Crippen LogP contribution in [0.15, 0.2) is 78.3 Å². The smallest absolute Gasteiger partial charge is 0.272 e. The molecule has 1 amide bonds. The van der Waals surface area contributed by atoms with E-state index in [2.05, 4.69) is 15.3 Å². The summed E-state index contributed by atoms with van der Waals surface area (Å²) in [5, 5.41) is 3.90. The molecule has 0 saturated carbocycles. The predicted molar refractivity (Wildman–Crippen MR) is 117 cm³/mol. The molecule has 142 valence electrons. The molecular weight excluding hydrogens is 382 g/mol. The van der Waals surface area contributed by atoms with E-state index in [9.17, 15) is 4.79 Å². The van der Waals surface area contributed by atoms with Gasteiger partial charge in [0, 0.05) is 22.7 Å². The third kappa shape index (κ3) is 3.70. The zero-order chi connectivity index (χ0) is 19.6. The summed E-state index contributed by atoms with van der Waals surface area (Å²) in [7, 11) is 0. The standard InChI is InChI=1S/C23H17N3O2S/c27-23(25-17-7-9-19-22(11-17)29-14-24-19)21-10-16-6-8-18(12-20(16)26-21)28-13-15-4-2-1-3-5-15/h1-12,14,26H,13H2,(H,25,27). The number of ether oxygens (including phenoxy) is 1. The number of rotatable bonds is 5. The van der Waals surface area contributed by atoms with E-state index in [0.717, 1.165) is 38.1 Å². The van der Waals surface area contributed by atoms with Crippen LogP contribution < -0.4 is 10.1 Å². The van der Waals surface area contributed by atoms with Gasteiger partial charge in [0.05, 0.1) is 15.7 Å². The molecule has 6 heteroatoms. The Balaban J connectivity index is 1.32. The van der Waals surface area contributed by atoms with Crippen LogP contribution in [0.1, 0.15) is 16.1 Å². The summed E-state index contributed by atoms with van der Waals surface area (Å²) in [6.45, 7) is 0.500. The van der Waals surface area contributed by atoms with Crippen molar-refractivity contribution in [1.29, 1.82) is 0 Å². The van der Waals surface area contributed by atoms with Crippen molar-refractivity contribution < 1.29 is 9.53 Å². The van der Waals surface area contributed by atoms with Gasteiger partial charge in [-0.3, -0.25) is 4.79 Å². The third-order valence-electron chi connectivity index (χ3n) is 4.68. The summed E-state index contributed by atoms with van der Waals surface area (Å²) >= 11 is 1.55. The van der Waals surface area contributed by atoms with Crippen molar-refractivity contribution in [3.05, 3.63) is 89.6 Å². The molecule has 0 spiro atoms. The maximum Gasteiger partial charge on any atom is 0.272 e. The highest BCUT2D eigenvalue weighted by Crippen LogP contribution is 2.24. The summed E-state index contributed by atoms with van der Waals surface area (Å²) in [5.41, 5.74) is 5.95. The minimum absolute atomic E-state index is 0.184. The van der Waals surface area contributed by atoms with E-state index in [0.29, 0.717) is 12.3 Å². The molecule has 2 N–H and O–H groups in total. The molecule has 0 unspecified atom stereocenters. The van der Waals surface area contributed by atoms with Gasteiger partial charge in [0.2, 0.25) is 0 Å². The number of carbonyl (C=O) groups excluding carboxylic acids is 1. The fraction of sp³-hybridized carbons (Fsp3) is 0.0435. The first-order valence-corrected chi connectivity index (χ1v) is 10.1. The van der Waals surface area contributed by atoms with Crippen LogP contribution in [0, 0.1) is 0 Å². The number of nitrogens with zero attached hydrogens (tertiary/aromatic N) is 1. The summed E-state index contributed by atoms with van der Waals surface area (Å²) in [6, 6.07) is 23.3. The molecule has 0 aliphatic rings. The molecule has 29 heavy (non-hydrogen) atoms. The van der Waals surface area contributed by atoms with E-state index in [-0.39, 0.29) is 5.91 Å². The number of nitrogens with one attached hydrogen (secondary N) is 2. The molecule has 3 aromatic carbocycles. The molecule has 0 radical (unpaired) electrons. The maximum absolute atomic E-state index is 12.7. The Morgan fingerprint density at radius 1 is 1.03 bits per heavy atom. The Bertz CT molecular complexity index is 1310. The minimum atomic E-state index is -0.184. The van der Waals surface area contributed by atoms with Gasteiger partial charge in [0.15, 0.2) is 0 Å². The first-order chi connectivity index (χ1) is 14.2. The van der Waals surface area contributed by atoms with Crippen molar-refractivity contribution in [2.75, 3.05) is 5.32 Å². The van der Waals surface area contributed by atoms with Gasteiger partial charge in [-0.1, -0.05) is 30.3 Å². The number of benzene rings is 3. The van der Waals surface area contributed by atoms with Crippen LogP contribution in [0.3, 0.4) is 0 Å². The number of amides is 1. The van der Waals surface area contributed by atoms with Crippen LogP contribution in [-0.4, -0.2) is 15.9 Å². The van der Waals surface area contributed by atoms with E-state index < -0.39 is 0 Å². The molecule has 0 atom stereocenters. The molecule has 5 nitrogen and oxygen atoms in total. The van der Waals surface area contributed by atoms with Gasteiger partial charge in [0.1, 0.15) is 18.1 Å². The second-order valence-corrected chi connectivity index (χ2v) is 7.58. The Hall–Kier alpha value is -3.64. The molecule has 0 bridgehead atoms. The molecule has 5 aromatic rings. The van der Waals surface area contributed by atoms with Gasteiger partial charge in [-0.05, 0) is 42.0 Å². The summed E-state index contributed by atoms with van der Waals surface area (Å²) in [6.07, 6.45) is 0. The van der Waals surface area contributed by atoms with E-state index >= 15 is 0 Å². The molecule has 0 saturated heterocycles. The van der Waals surface area contributed by atoms with Crippen LogP contribution >= 0.6 is 11.3 Å². The van der Waals surface area contributed by atoms with Crippen molar-refractivity contribution in [2.45, 2.75) is 6.61 Å². The van der Waals surface area contributed by atoms with Gasteiger partial charge in [-0.15, -0.1) is 11.3 Å². The lowest BCUT2D eigenvalue weighted by molar-refractivity contribution is 0.102. The predicted octanol–water partition coefficient (Wildman–Crippen LogP) is 5.61. The van der Waals surface area contributed by atoms with Gasteiger partial charge in [-0.2, -0.15) is 0 Å². The topological polar surface area (TPSA) is 67.0 Å². The molecule has 0 aliphatic carbocycles. The zero-order valence-electron chi connectivity index (χ0n) is 15.4. The highest BCUT2D eigenvalue weighted by molar-refractivity contribution is 7.16. The number of carbonyl (C=O) groups is 1. The quantitative estimate of drug-likeness (QED) is 0.404. The number of thiazole rings is 1. The monoisotopic (exact) mass is 399 g/mol.